The Bertz CT molecular complexity index is 703. The minimum Gasteiger partial charge on any atom is -0.480 e. The molecule has 2 aliphatic heterocycles. The third-order valence-corrected chi connectivity index (χ3v) is 5.81. The summed E-state index contributed by atoms with van der Waals surface area (Å²) in [6.07, 6.45) is 0. The molecule has 0 saturated carbocycles. The van der Waals surface area contributed by atoms with Crippen LogP contribution in [0.3, 0.4) is 0 Å². The topological polar surface area (TPSA) is 86.7 Å². The molecule has 2 aliphatic rings. The number of hydrogen-bond acceptors (Lipinski definition) is 4. The van der Waals surface area contributed by atoms with Crippen molar-refractivity contribution in [1.82, 2.24) is 10.2 Å². The van der Waals surface area contributed by atoms with Crippen LogP contribution in [0.2, 0.25) is 0 Å². The van der Waals surface area contributed by atoms with Gasteiger partial charge in [0.15, 0.2) is 0 Å². The van der Waals surface area contributed by atoms with Gasteiger partial charge in [0.2, 0.25) is 5.91 Å². The van der Waals surface area contributed by atoms with E-state index < -0.39 is 28.7 Å². The number of amides is 2. The van der Waals surface area contributed by atoms with Gasteiger partial charge in [-0.25, -0.2) is 0 Å². The Morgan fingerprint density at radius 3 is 2.65 bits per heavy atom. The van der Waals surface area contributed by atoms with Crippen LogP contribution in [0.4, 0.5) is 0 Å². The number of rotatable bonds is 3. The van der Waals surface area contributed by atoms with Crippen LogP contribution in [0.5, 0.6) is 0 Å². The van der Waals surface area contributed by atoms with Crippen LogP contribution in [-0.2, 0) is 9.59 Å². The maximum atomic E-state index is 12.7. The van der Waals surface area contributed by atoms with Gasteiger partial charge in [-0.15, -0.1) is 11.8 Å². The summed E-state index contributed by atoms with van der Waals surface area (Å²) in [4.78, 5) is 37.9. The van der Waals surface area contributed by atoms with Gasteiger partial charge < -0.3 is 15.3 Å². The fourth-order valence-corrected chi connectivity index (χ4v) is 4.75. The molecular formula is C16H18N2O4S. The fourth-order valence-electron chi connectivity index (χ4n) is 3.16. The summed E-state index contributed by atoms with van der Waals surface area (Å²) in [6, 6.07) is 5.64. The van der Waals surface area contributed by atoms with E-state index in [2.05, 4.69) is 5.32 Å². The molecule has 1 aromatic carbocycles. The molecule has 0 spiro atoms. The van der Waals surface area contributed by atoms with Crippen LogP contribution in [0.15, 0.2) is 24.3 Å². The second-order valence-corrected chi connectivity index (χ2v) is 8.08. The minimum atomic E-state index is -1.10. The minimum absolute atomic E-state index is 0.174. The summed E-state index contributed by atoms with van der Waals surface area (Å²) in [6.45, 7) is 5.22. The second kappa shape index (κ2) is 5.26. The largest absolute Gasteiger partial charge is 0.480 e. The van der Waals surface area contributed by atoms with Crippen molar-refractivity contribution < 1.29 is 19.5 Å². The average molecular weight is 334 g/mol. The number of fused-ring (bicyclic) bond motifs is 3. The summed E-state index contributed by atoms with van der Waals surface area (Å²) >= 11 is 1.55. The van der Waals surface area contributed by atoms with Crippen molar-refractivity contribution in [1.29, 1.82) is 0 Å². The molecule has 0 aliphatic carbocycles. The molecule has 0 unspecified atom stereocenters. The van der Waals surface area contributed by atoms with E-state index >= 15 is 0 Å². The normalized spacial score (nSPS) is 25.7. The first-order chi connectivity index (χ1) is 10.7. The molecule has 0 aromatic heterocycles. The lowest BCUT2D eigenvalue weighted by Crippen LogP contribution is -2.55. The van der Waals surface area contributed by atoms with Gasteiger partial charge in [0, 0.05) is 10.3 Å². The standard InChI is InChI=1S/C16H18N2O4S/c1-8(15(21)22)17-12(19)11-16(2,3)23-14-10-7-5-4-6-9(10)13(20)18(11)14/h4-8,11,14H,1-3H3,(H,17,19)(H,21,22)/t8-,11+,14+/m0/s1. The molecule has 23 heavy (non-hydrogen) atoms. The van der Waals surface area contributed by atoms with Crippen molar-refractivity contribution in [3.8, 4) is 0 Å². The van der Waals surface area contributed by atoms with E-state index in [0.717, 1.165) is 5.56 Å². The van der Waals surface area contributed by atoms with Crippen molar-refractivity contribution in [2.75, 3.05) is 0 Å². The van der Waals surface area contributed by atoms with Crippen LogP contribution >= 0.6 is 11.8 Å². The zero-order chi connectivity index (χ0) is 16.9. The molecule has 7 heteroatoms. The molecule has 0 bridgehead atoms. The van der Waals surface area contributed by atoms with Crippen LogP contribution in [-0.4, -0.2) is 44.6 Å². The summed E-state index contributed by atoms with van der Waals surface area (Å²) in [5.74, 6) is -1.71. The molecule has 2 amide bonds. The first-order valence-corrected chi connectivity index (χ1v) is 8.24. The molecule has 2 N–H and O–H groups in total. The molecule has 6 nitrogen and oxygen atoms in total. The fraction of sp³-hybridized carbons (Fsp3) is 0.438. The third-order valence-electron chi connectivity index (χ3n) is 4.27. The van der Waals surface area contributed by atoms with Gasteiger partial charge in [-0.3, -0.25) is 14.4 Å². The predicted molar refractivity (Wildman–Crippen MR) is 86.1 cm³/mol. The Morgan fingerprint density at radius 1 is 1.35 bits per heavy atom. The Kier molecular flexibility index (Phi) is 3.63. The maximum absolute atomic E-state index is 12.7. The van der Waals surface area contributed by atoms with Crippen LogP contribution in [0.25, 0.3) is 0 Å². The smallest absolute Gasteiger partial charge is 0.325 e. The Hall–Kier alpha value is -2.02. The Balaban J connectivity index is 1.94. The third kappa shape index (κ3) is 2.39. The van der Waals surface area contributed by atoms with Gasteiger partial charge >= 0.3 is 5.97 Å². The number of hydrogen-bond donors (Lipinski definition) is 2. The molecule has 1 fully saturated rings. The quantitative estimate of drug-likeness (QED) is 0.877. The highest BCUT2D eigenvalue weighted by atomic mass is 32.2. The number of nitrogens with one attached hydrogen (secondary N) is 1. The van der Waals surface area contributed by atoms with E-state index in [1.54, 1.807) is 28.8 Å². The summed E-state index contributed by atoms with van der Waals surface area (Å²) in [5.41, 5.74) is 1.53. The predicted octanol–water partition coefficient (Wildman–Crippen LogP) is 1.62. The van der Waals surface area contributed by atoms with E-state index in [-0.39, 0.29) is 11.3 Å². The molecule has 3 atom stereocenters. The van der Waals surface area contributed by atoms with Gasteiger partial charge in [-0.2, -0.15) is 0 Å². The van der Waals surface area contributed by atoms with E-state index in [9.17, 15) is 14.4 Å². The first-order valence-electron chi connectivity index (χ1n) is 7.36. The summed E-state index contributed by atoms with van der Waals surface area (Å²) in [5, 5.41) is 11.3. The number of benzene rings is 1. The number of carbonyl (C=O) groups excluding carboxylic acids is 2. The zero-order valence-corrected chi connectivity index (χ0v) is 13.9. The van der Waals surface area contributed by atoms with Crippen molar-refractivity contribution in [3.05, 3.63) is 35.4 Å². The second-order valence-electron chi connectivity index (χ2n) is 6.34. The SMILES string of the molecule is C[C@H](NC(=O)[C@H]1N2C(=O)c3ccccc3[C@H]2SC1(C)C)C(=O)O. The number of carboxylic acid groups (broad SMARTS) is 1. The van der Waals surface area contributed by atoms with E-state index in [0.29, 0.717) is 5.56 Å². The van der Waals surface area contributed by atoms with Crippen LogP contribution < -0.4 is 5.32 Å². The average Bonchev–Trinajstić information content (AvgIpc) is 2.90. The molecule has 122 valence electrons. The number of aliphatic carboxylic acids is 1. The van der Waals surface area contributed by atoms with Gasteiger partial charge in [-0.1, -0.05) is 18.2 Å². The van der Waals surface area contributed by atoms with Gasteiger partial charge in [0.25, 0.3) is 5.91 Å². The van der Waals surface area contributed by atoms with E-state index in [1.807, 2.05) is 26.0 Å². The molecular weight excluding hydrogens is 316 g/mol. The van der Waals surface area contributed by atoms with Crippen molar-refractivity contribution in [3.63, 3.8) is 0 Å². The zero-order valence-electron chi connectivity index (χ0n) is 13.1. The van der Waals surface area contributed by atoms with Gasteiger partial charge in [0.1, 0.15) is 17.5 Å². The number of nitrogens with zero attached hydrogens (tertiary/aromatic N) is 1. The van der Waals surface area contributed by atoms with E-state index in [4.69, 9.17) is 5.11 Å². The maximum Gasteiger partial charge on any atom is 0.325 e. The van der Waals surface area contributed by atoms with Crippen LogP contribution in [0, 0.1) is 0 Å². The highest BCUT2D eigenvalue weighted by molar-refractivity contribution is 8.01. The van der Waals surface area contributed by atoms with Crippen LogP contribution in [0.1, 0.15) is 42.1 Å². The van der Waals surface area contributed by atoms with Crippen molar-refractivity contribution in [2.45, 2.75) is 43.0 Å². The molecule has 1 aromatic rings. The van der Waals surface area contributed by atoms with Gasteiger partial charge in [-0.05, 0) is 32.4 Å². The number of thioether (sulfide) groups is 1. The number of carboxylic acids is 1. The van der Waals surface area contributed by atoms with Gasteiger partial charge in [0.05, 0.1) is 0 Å². The Morgan fingerprint density at radius 2 is 2.00 bits per heavy atom. The Labute approximate surface area is 138 Å². The summed E-state index contributed by atoms with van der Waals surface area (Å²) < 4.78 is -0.504. The van der Waals surface area contributed by atoms with E-state index in [1.165, 1.54) is 6.92 Å². The molecule has 0 radical (unpaired) electrons. The van der Waals surface area contributed by atoms with Crippen molar-refractivity contribution in [2.24, 2.45) is 0 Å². The lowest BCUT2D eigenvalue weighted by atomic mass is 10.0. The lowest BCUT2D eigenvalue weighted by Gasteiger charge is -2.30. The highest BCUT2D eigenvalue weighted by Crippen LogP contribution is 2.56. The molecule has 2 heterocycles. The first kappa shape index (κ1) is 15.9. The monoisotopic (exact) mass is 334 g/mol. The molecule has 3 rings (SSSR count). The van der Waals surface area contributed by atoms with Crippen molar-refractivity contribution >= 4 is 29.5 Å². The molecule has 1 saturated heterocycles. The lowest BCUT2D eigenvalue weighted by molar-refractivity contribution is -0.142. The summed E-state index contributed by atoms with van der Waals surface area (Å²) in [7, 11) is 0. The highest BCUT2D eigenvalue weighted by Gasteiger charge is 2.57. The number of carbonyl (C=O) groups is 3.